The van der Waals surface area contributed by atoms with E-state index in [2.05, 4.69) is 10.3 Å². The Kier molecular flexibility index (Phi) is 6.00. The van der Waals surface area contributed by atoms with Gasteiger partial charge in [-0.3, -0.25) is 9.69 Å². The van der Waals surface area contributed by atoms with Gasteiger partial charge in [-0.1, -0.05) is 43.3 Å². The number of benzene rings is 2. The van der Waals surface area contributed by atoms with Gasteiger partial charge >= 0.3 is 12.2 Å². The van der Waals surface area contributed by atoms with Crippen molar-refractivity contribution in [3.05, 3.63) is 70.1 Å². The number of hydrogen-bond acceptors (Lipinski definition) is 2. The van der Waals surface area contributed by atoms with Gasteiger partial charge in [-0.2, -0.15) is 13.2 Å². The first-order valence-corrected chi connectivity index (χ1v) is 9.25. The fraction of sp³-hybridized carbons (Fsp3) is 0.238. The van der Waals surface area contributed by atoms with Gasteiger partial charge in [-0.05, 0) is 17.7 Å². The molecule has 1 atom stereocenters. The lowest BCUT2D eigenvalue weighted by Crippen LogP contribution is -2.32. The Morgan fingerprint density at radius 1 is 1.06 bits per heavy atom. The van der Waals surface area contributed by atoms with Crippen LogP contribution in [0.25, 0.3) is 10.9 Å². The Balaban J connectivity index is 0.00000272. The van der Waals surface area contributed by atoms with E-state index in [1.54, 1.807) is 18.3 Å². The molecule has 1 aliphatic rings. The second-order valence-electron chi connectivity index (χ2n) is 6.88. The molecule has 3 aromatic rings. The number of amides is 3. The van der Waals surface area contributed by atoms with E-state index in [1.165, 1.54) is 0 Å². The summed E-state index contributed by atoms with van der Waals surface area (Å²) in [5.41, 5.74) is -0.417. The molecule has 0 saturated carbocycles. The average molecular weight is 456 g/mol. The van der Waals surface area contributed by atoms with E-state index in [1.807, 2.05) is 6.07 Å². The van der Waals surface area contributed by atoms with E-state index < -0.39 is 47.6 Å². The Morgan fingerprint density at radius 3 is 2.48 bits per heavy atom. The molecule has 0 aliphatic carbocycles. The molecule has 1 aromatic heterocycles. The zero-order valence-corrected chi connectivity index (χ0v) is 15.9. The first kappa shape index (κ1) is 22.6. The standard InChI is InChI=1S/C20H14ClF4N3O2.CH4/c21-14-6-2-4-12-11(8-26-17(12)14)7-15-18(29)28(19(30)27-15)9-10-3-1-5-13(16(10)22)20(23,24)25;/h1-6,8,15,26H,7,9H2,(H,27,30);1H4/t15-;/m1./s1. The molecule has 0 unspecified atom stereocenters. The van der Waals surface area contributed by atoms with E-state index in [0.717, 1.165) is 23.1 Å². The van der Waals surface area contributed by atoms with E-state index in [-0.39, 0.29) is 13.8 Å². The summed E-state index contributed by atoms with van der Waals surface area (Å²) in [6.07, 6.45) is -3.06. The lowest BCUT2D eigenvalue weighted by molar-refractivity contribution is -0.140. The van der Waals surface area contributed by atoms with E-state index in [0.29, 0.717) is 21.5 Å². The quantitative estimate of drug-likeness (QED) is 0.415. The van der Waals surface area contributed by atoms with Crippen molar-refractivity contribution in [3.8, 4) is 0 Å². The molecule has 164 valence electrons. The summed E-state index contributed by atoms with van der Waals surface area (Å²) in [5.74, 6) is -2.14. The number of fused-ring (bicyclic) bond motifs is 1. The van der Waals surface area contributed by atoms with Gasteiger partial charge in [0, 0.05) is 23.6 Å². The van der Waals surface area contributed by atoms with Crippen molar-refractivity contribution in [2.45, 2.75) is 32.6 Å². The Labute approximate surface area is 180 Å². The van der Waals surface area contributed by atoms with Crippen LogP contribution in [0.5, 0.6) is 0 Å². The monoisotopic (exact) mass is 455 g/mol. The molecule has 1 fully saturated rings. The Morgan fingerprint density at radius 2 is 1.77 bits per heavy atom. The van der Waals surface area contributed by atoms with Crippen molar-refractivity contribution >= 4 is 34.4 Å². The second-order valence-corrected chi connectivity index (χ2v) is 7.29. The third-order valence-corrected chi connectivity index (χ3v) is 5.31. The van der Waals surface area contributed by atoms with Crippen molar-refractivity contribution in [2.24, 2.45) is 0 Å². The van der Waals surface area contributed by atoms with Crippen LogP contribution in [0.2, 0.25) is 5.02 Å². The highest BCUT2D eigenvalue weighted by Crippen LogP contribution is 2.33. The molecular formula is C21H18ClF4N3O2. The number of rotatable bonds is 4. The topological polar surface area (TPSA) is 65.2 Å². The molecule has 4 rings (SSSR count). The van der Waals surface area contributed by atoms with Gasteiger partial charge in [0.25, 0.3) is 5.91 Å². The predicted molar refractivity (Wildman–Crippen MR) is 108 cm³/mol. The molecule has 5 nitrogen and oxygen atoms in total. The zero-order valence-electron chi connectivity index (χ0n) is 15.2. The molecule has 10 heteroatoms. The minimum Gasteiger partial charge on any atom is -0.360 e. The van der Waals surface area contributed by atoms with Gasteiger partial charge in [-0.25, -0.2) is 9.18 Å². The van der Waals surface area contributed by atoms with Crippen LogP contribution in [0.4, 0.5) is 22.4 Å². The molecule has 1 saturated heterocycles. The summed E-state index contributed by atoms with van der Waals surface area (Å²) >= 11 is 6.12. The van der Waals surface area contributed by atoms with Crippen LogP contribution in [0, 0.1) is 5.82 Å². The van der Waals surface area contributed by atoms with Crippen LogP contribution in [-0.4, -0.2) is 27.9 Å². The van der Waals surface area contributed by atoms with Gasteiger partial charge in [0.1, 0.15) is 11.9 Å². The number of carbonyl (C=O) groups is 2. The fourth-order valence-corrected chi connectivity index (χ4v) is 3.75. The molecule has 2 N–H and O–H groups in total. The Hall–Kier alpha value is -3.07. The van der Waals surface area contributed by atoms with Crippen LogP contribution >= 0.6 is 11.6 Å². The summed E-state index contributed by atoms with van der Waals surface area (Å²) in [7, 11) is 0. The lowest BCUT2D eigenvalue weighted by Gasteiger charge is -2.16. The van der Waals surface area contributed by atoms with Gasteiger partial charge in [0.2, 0.25) is 0 Å². The number of H-pyrrole nitrogens is 1. The molecule has 1 aliphatic heterocycles. The van der Waals surface area contributed by atoms with Gasteiger partial charge < -0.3 is 10.3 Å². The maximum atomic E-state index is 14.3. The SMILES string of the molecule is C.O=C1N[C@H](Cc2c[nH]c3c(Cl)cccc23)C(=O)N1Cc1cccc(C(F)(F)F)c1F. The summed E-state index contributed by atoms with van der Waals surface area (Å²) < 4.78 is 53.0. The number of urea groups is 1. The highest BCUT2D eigenvalue weighted by Gasteiger charge is 2.40. The number of aromatic amines is 1. The van der Waals surface area contributed by atoms with Gasteiger partial charge in [0.15, 0.2) is 0 Å². The number of carbonyl (C=O) groups excluding carboxylic acids is 2. The van der Waals surface area contributed by atoms with Crippen molar-refractivity contribution in [2.75, 3.05) is 0 Å². The molecule has 31 heavy (non-hydrogen) atoms. The zero-order chi connectivity index (χ0) is 21.6. The van der Waals surface area contributed by atoms with Crippen LogP contribution in [0.15, 0.2) is 42.6 Å². The van der Waals surface area contributed by atoms with Crippen molar-refractivity contribution in [3.63, 3.8) is 0 Å². The molecule has 0 spiro atoms. The maximum absolute atomic E-state index is 14.3. The maximum Gasteiger partial charge on any atom is 0.419 e. The Bertz CT molecular complexity index is 1160. The number of aromatic nitrogens is 1. The largest absolute Gasteiger partial charge is 0.419 e. The number of imide groups is 1. The third-order valence-electron chi connectivity index (χ3n) is 4.99. The number of nitrogens with one attached hydrogen (secondary N) is 2. The minimum atomic E-state index is -4.88. The minimum absolute atomic E-state index is 0. The molecule has 3 amide bonds. The number of halogens is 5. The number of nitrogens with zero attached hydrogens (tertiary/aromatic N) is 1. The lowest BCUT2D eigenvalue weighted by atomic mass is 10.0. The summed E-state index contributed by atoms with van der Waals surface area (Å²) in [6, 6.07) is 6.30. The fourth-order valence-electron chi connectivity index (χ4n) is 3.52. The van der Waals surface area contributed by atoms with Crippen molar-refractivity contribution < 1.29 is 27.2 Å². The normalized spacial score (nSPS) is 16.5. The number of alkyl halides is 3. The molecule has 0 bridgehead atoms. The highest BCUT2D eigenvalue weighted by molar-refractivity contribution is 6.35. The van der Waals surface area contributed by atoms with E-state index in [4.69, 9.17) is 11.6 Å². The number of para-hydroxylation sites is 1. The average Bonchev–Trinajstić information content (AvgIpc) is 3.20. The van der Waals surface area contributed by atoms with Crippen molar-refractivity contribution in [1.82, 2.24) is 15.2 Å². The summed E-state index contributed by atoms with van der Waals surface area (Å²) in [4.78, 5) is 28.7. The van der Waals surface area contributed by atoms with Gasteiger partial charge in [0.05, 0.1) is 22.6 Å². The first-order chi connectivity index (χ1) is 14.2. The predicted octanol–water partition coefficient (Wildman–Crippen LogP) is 5.28. The molecule has 2 aromatic carbocycles. The van der Waals surface area contributed by atoms with Crippen LogP contribution in [0.1, 0.15) is 24.1 Å². The molecular weight excluding hydrogens is 438 g/mol. The second kappa shape index (κ2) is 8.22. The smallest absolute Gasteiger partial charge is 0.360 e. The van der Waals surface area contributed by atoms with Crippen LogP contribution < -0.4 is 5.32 Å². The molecule has 2 heterocycles. The summed E-state index contributed by atoms with van der Waals surface area (Å²) in [5, 5.41) is 3.79. The van der Waals surface area contributed by atoms with E-state index >= 15 is 0 Å². The van der Waals surface area contributed by atoms with Crippen LogP contribution in [0.3, 0.4) is 0 Å². The highest BCUT2D eigenvalue weighted by atomic mass is 35.5. The summed E-state index contributed by atoms with van der Waals surface area (Å²) in [6.45, 7) is -0.601. The van der Waals surface area contributed by atoms with Crippen molar-refractivity contribution in [1.29, 1.82) is 0 Å². The van der Waals surface area contributed by atoms with E-state index in [9.17, 15) is 27.2 Å². The number of hydrogen-bond donors (Lipinski definition) is 2. The van der Waals surface area contributed by atoms with Crippen LogP contribution in [-0.2, 0) is 23.9 Å². The van der Waals surface area contributed by atoms with Gasteiger partial charge in [-0.15, -0.1) is 0 Å². The molecule has 0 radical (unpaired) electrons. The third kappa shape index (κ3) is 4.10. The first-order valence-electron chi connectivity index (χ1n) is 8.87.